The number of aliphatic hydroxyl groups is 2. The molecule has 10 heteroatoms. The van der Waals surface area contributed by atoms with Gasteiger partial charge in [-0.15, -0.1) is 0 Å². The van der Waals surface area contributed by atoms with Crippen molar-refractivity contribution in [3.8, 4) is 0 Å². The number of hydrogen-bond donors (Lipinski definition) is 3. The van der Waals surface area contributed by atoms with Crippen LogP contribution in [0, 0.1) is 0 Å². The zero-order valence-electron chi connectivity index (χ0n) is 14.0. The molecule has 0 spiro atoms. The fourth-order valence-corrected chi connectivity index (χ4v) is 2.43. The van der Waals surface area contributed by atoms with Gasteiger partial charge >= 0.3 is 11.9 Å². The molecule has 0 aliphatic carbocycles. The van der Waals surface area contributed by atoms with E-state index in [-0.39, 0.29) is 6.61 Å². The summed E-state index contributed by atoms with van der Waals surface area (Å²) in [5.41, 5.74) is 5.56. The minimum Gasteiger partial charge on any atom is -0.466 e. The summed E-state index contributed by atoms with van der Waals surface area (Å²) < 4.78 is 14.7. The van der Waals surface area contributed by atoms with Crippen molar-refractivity contribution in [2.45, 2.75) is 31.0 Å². The maximum Gasteiger partial charge on any atom is 0.331 e. The highest BCUT2D eigenvalue weighted by Crippen LogP contribution is 2.27. The maximum absolute atomic E-state index is 11.5. The van der Waals surface area contributed by atoms with Crippen molar-refractivity contribution >= 4 is 17.8 Å². The number of nitrogens with zero attached hydrogens (tertiary/aromatic N) is 1. The van der Waals surface area contributed by atoms with Crippen molar-refractivity contribution in [1.29, 1.82) is 0 Å². The fourth-order valence-electron chi connectivity index (χ4n) is 2.43. The number of methoxy groups -OCH3 is 1. The molecule has 0 bridgehead atoms. The zero-order chi connectivity index (χ0) is 19.3. The van der Waals surface area contributed by atoms with Gasteiger partial charge in [0.1, 0.15) is 24.9 Å². The van der Waals surface area contributed by atoms with Crippen LogP contribution >= 0.6 is 0 Å². The first-order valence-corrected chi connectivity index (χ1v) is 7.72. The second-order valence-electron chi connectivity index (χ2n) is 5.59. The molecule has 142 valence electrons. The van der Waals surface area contributed by atoms with E-state index in [0.717, 1.165) is 19.3 Å². The Bertz CT molecular complexity index is 657. The number of nitrogens with two attached hydrogens (primary N) is 1. The average Bonchev–Trinajstić information content (AvgIpc) is 2.92. The van der Waals surface area contributed by atoms with Gasteiger partial charge in [0.15, 0.2) is 6.23 Å². The molecule has 0 aromatic rings. The first-order valence-electron chi connectivity index (χ1n) is 7.72. The van der Waals surface area contributed by atoms with Gasteiger partial charge in [0.2, 0.25) is 5.91 Å². The molecule has 2 heterocycles. The number of carbonyl (C=O) groups excluding carboxylic acids is 3. The summed E-state index contributed by atoms with van der Waals surface area (Å²) in [4.78, 5) is 35.1. The number of primary amides is 1. The second kappa shape index (κ2) is 8.61. The Balaban J connectivity index is 1.95. The number of aliphatic hydroxyl groups excluding tert-OH is 2. The van der Waals surface area contributed by atoms with Gasteiger partial charge in [-0.25, -0.2) is 9.59 Å². The van der Waals surface area contributed by atoms with Crippen molar-refractivity contribution in [2.24, 2.45) is 5.73 Å². The summed E-state index contributed by atoms with van der Waals surface area (Å²) in [5.74, 6) is -2.16. The van der Waals surface area contributed by atoms with Crippen LogP contribution in [0.25, 0.3) is 0 Å². The highest BCUT2D eigenvalue weighted by molar-refractivity contribution is 5.92. The minimum absolute atomic E-state index is 0.320. The van der Waals surface area contributed by atoms with Gasteiger partial charge in [-0.1, -0.05) is 6.08 Å². The van der Waals surface area contributed by atoms with E-state index in [9.17, 15) is 24.6 Å². The number of amides is 1. The Hall–Kier alpha value is -2.69. The molecule has 0 radical (unpaired) electrons. The highest BCUT2D eigenvalue weighted by atomic mass is 16.6. The normalized spacial score (nSPS) is 28.1. The predicted molar refractivity (Wildman–Crippen MR) is 85.7 cm³/mol. The summed E-state index contributed by atoms with van der Waals surface area (Å²) >= 11 is 0. The molecule has 1 amide bonds. The Labute approximate surface area is 149 Å². The van der Waals surface area contributed by atoms with Crippen LogP contribution in [0.5, 0.6) is 0 Å². The summed E-state index contributed by atoms with van der Waals surface area (Å²) in [5, 5.41) is 20.2. The molecule has 2 rings (SSSR count). The zero-order valence-corrected chi connectivity index (χ0v) is 14.0. The van der Waals surface area contributed by atoms with Crippen molar-refractivity contribution in [3.05, 3.63) is 36.2 Å². The third kappa shape index (κ3) is 4.69. The van der Waals surface area contributed by atoms with E-state index in [1.54, 1.807) is 12.3 Å². The molecule has 26 heavy (non-hydrogen) atoms. The Morgan fingerprint density at radius 1 is 1.31 bits per heavy atom. The van der Waals surface area contributed by atoms with Crippen LogP contribution in [0.1, 0.15) is 6.42 Å². The van der Waals surface area contributed by atoms with Crippen LogP contribution in [-0.2, 0) is 28.6 Å². The van der Waals surface area contributed by atoms with E-state index in [1.807, 2.05) is 0 Å². The third-order valence-corrected chi connectivity index (χ3v) is 3.81. The van der Waals surface area contributed by atoms with E-state index in [0.29, 0.717) is 12.0 Å². The predicted octanol–water partition coefficient (Wildman–Crippen LogP) is -1.71. The lowest BCUT2D eigenvalue weighted by Gasteiger charge is -2.28. The number of allylic oxidation sites excluding steroid dienone is 1. The molecule has 1 fully saturated rings. The van der Waals surface area contributed by atoms with Crippen molar-refractivity contribution < 1.29 is 38.8 Å². The Morgan fingerprint density at radius 3 is 2.65 bits per heavy atom. The highest BCUT2D eigenvalue weighted by Gasteiger charge is 2.45. The summed E-state index contributed by atoms with van der Waals surface area (Å²) in [7, 11) is 1.16. The van der Waals surface area contributed by atoms with E-state index in [2.05, 4.69) is 4.74 Å². The molecule has 4 atom stereocenters. The molecule has 0 aromatic heterocycles. The maximum atomic E-state index is 11.5. The topological polar surface area (TPSA) is 149 Å². The fraction of sp³-hybridized carbons (Fsp3) is 0.438. The Morgan fingerprint density at radius 2 is 2.00 bits per heavy atom. The van der Waals surface area contributed by atoms with Gasteiger partial charge in [-0.05, 0) is 6.42 Å². The van der Waals surface area contributed by atoms with E-state index in [1.165, 1.54) is 11.1 Å². The first kappa shape index (κ1) is 19.6. The second-order valence-corrected chi connectivity index (χ2v) is 5.59. The number of rotatable bonds is 6. The molecule has 1 saturated heterocycles. The molecule has 2 aliphatic heterocycles. The summed E-state index contributed by atoms with van der Waals surface area (Å²) in [6.45, 7) is -0.344. The quantitative estimate of drug-likeness (QED) is 0.368. The first-order chi connectivity index (χ1) is 12.3. The molecule has 4 N–H and O–H groups in total. The summed E-state index contributed by atoms with van der Waals surface area (Å²) in [6.07, 6.45) is 2.18. The van der Waals surface area contributed by atoms with Gasteiger partial charge in [0.05, 0.1) is 7.11 Å². The number of carbonyl (C=O) groups is 3. The van der Waals surface area contributed by atoms with Crippen LogP contribution < -0.4 is 5.73 Å². The van der Waals surface area contributed by atoms with Crippen LogP contribution in [0.4, 0.5) is 0 Å². The van der Waals surface area contributed by atoms with Crippen molar-refractivity contribution in [3.63, 3.8) is 0 Å². The van der Waals surface area contributed by atoms with Crippen LogP contribution in [0.2, 0.25) is 0 Å². The van der Waals surface area contributed by atoms with E-state index >= 15 is 0 Å². The largest absolute Gasteiger partial charge is 0.466 e. The Kier molecular flexibility index (Phi) is 6.50. The number of esters is 2. The van der Waals surface area contributed by atoms with E-state index in [4.69, 9.17) is 15.2 Å². The average molecular weight is 368 g/mol. The molecule has 2 aliphatic rings. The number of hydrogen-bond acceptors (Lipinski definition) is 9. The van der Waals surface area contributed by atoms with Gasteiger partial charge in [0, 0.05) is 30.1 Å². The van der Waals surface area contributed by atoms with Crippen molar-refractivity contribution in [2.75, 3.05) is 13.7 Å². The number of ether oxygens (including phenoxy) is 3. The van der Waals surface area contributed by atoms with Crippen LogP contribution in [0.3, 0.4) is 0 Å². The lowest BCUT2D eigenvalue weighted by atomic mass is 10.1. The van der Waals surface area contributed by atoms with Gasteiger partial charge < -0.3 is 35.1 Å². The molecule has 1 unspecified atom stereocenters. The van der Waals surface area contributed by atoms with Crippen molar-refractivity contribution in [1.82, 2.24) is 4.90 Å². The van der Waals surface area contributed by atoms with Gasteiger partial charge in [-0.2, -0.15) is 0 Å². The standard InChI is InChI=1S/C16H20N2O8/c1-24-11(19)4-5-12(20)25-8-10-13(21)14(22)16(26-10)18-6-2-3-9(7-18)15(17)23/h2,4-7,10,13-14,16,21-22H,3,8H2,1H3,(H2,17,23)/b5-4+/t10?,13-,14-,16-/m1/s1. The SMILES string of the molecule is COC(=O)/C=C/C(=O)OCC1O[C@@H](N2C=CCC(C(N)=O)=C2)[C@H](O)[C@@H]1O. The smallest absolute Gasteiger partial charge is 0.331 e. The molecular weight excluding hydrogens is 348 g/mol. The van der Waals surface area contributed by atoms with Gasteiger partial charge in [-0.3, -0.25) is 4.79 Å². The van der Waals surface area contributed by atoms with Crippen LogP contribution in [0.15, 0.2) is 36.2 Å². The monoisotopic (exact) mass is 368 g/mol. The minimum atomic E-state index is -1.32. The molecule has 0 aromatic carbocycles. The lowest BCUT2D eigenvalue weighted by molar-refractivity contribution is -0.145. The third-order valence-electron chi connectivity index (χ3n) is 3.81. The van der Waals surface area contributed by atoms with Gasteiger partial charge in [0.25, 0.3) is 0 Å². The molecule has 0 saturated carbocycles. The lowest BCUT2D eigenvalue weighted by Crippen LogP contribution is -2.40. The van der Waals surface area contributed by atoms with Crippen LogP contribution in [-0.4, -0.2) is 71.2 Å². The summed E-state index contributed by atoms with van der Waals surface area (Å²) in [6, 6.07) is 0. The van der Waals surface area contributed by atoms with E-state index < -0.39 is 42.4 Å². The molecule has 10 nitrogen and oxygen atoms in total. The molecular formula is C16H20N2O8.